The molecule has 0 radical (unpaired) electrons. The molecule has 0 aliphatic carbocycles. The third-order valence-corrected chi connectivity index (χ3v) is 4.17. The molecule has 0 bridgehead atoms. The van der Waals surface area contributed by atoms with Gasteiger partial charge in [-0.2, -0.15) is 0 Å². The molecule has 1 aliphatic rings. The molecule has 0 amide bonds. The number of alkyl halides is 1. The summed E-state index contributed by atoms with van der Waals surface area (Å²) in [6.07, 6.45) is 2.28. The average Bonchev–Trinajstić information content (AvgIpc) is 2.37. The number of benzene rings is 1. The van der Waals surface area contributed by atoms with Gasteiger partial charge in [-0.1, -0.05) is 13.8 Å². The quantitative estimate of drug-likeness (QED) is 0.479. The SMILES string of the molecule is CC1(C)CCN(c2ccc([N+](=O)[O-])c(CCl)c2)CC1. The number of anilines is 1. The van der Waals surface area contributed by atoms with Crippen LogP contribution in [0.5, 0.6) is 0 Å². The van der Waals surface area contributed by atoms with E-state index in [2.05, 4.69) is 18.7 Å². The van der Waals surface area contributed by atoms with E-state index in [-0.39, 0.29) is 16.5 Å². The van der Waals surface area contributed by atoms with Gasteiger partial charge in [0.15, 0.2) is 0 Å². The summed E-state index contributed by atoms with van der Waals surface area (Å²) >= 11 is 5.81. The van der Waals surface area contributed by atoms with Gasteiger partial charge in [-0.3, -0.25) is 10.1 Å². The number of rotatable bonds is 3. The highest BCUT2D eigenvalue weighted by Crippen LogP contribution is 2.33. The maximum atomic E-state index is 10.9. The largest absolute Gasteiger partial charge is 0.371 e. The van der Waals surface area contributed by atoms with Crippen LogP contribution in [0.25, 0.3) is 0 Å². The van der Waals surface area contributed by atoms with E-state index in [9.17, 15) is 10.1 Å². The van der Waals surface area contributed by atoms with Crippen molar-refractivity contribution in [2.24, 2.45) is 5.41 Å². The maximum Gasteiger partial charge on any atom is 0.273 e. The van der Waals surface area contributed by atoms with E-state index >= 15 is 0 Å². The van der Waals surface area contributed by atoms with Crippen LogP contribution < -0.4 is 4.90 Å². The Kier molecular flexibility index (Phi) is 3.99. The lowest BCUT2D eigenvalue weighted by molar-refractivity contribution is -0.385. The topological polar surface area (TPSA) is 46.4 Å². The molecule has 1 fully saturated rings. The number of piperidine rings is 1. The lowest BCUT2D eigenvalue weighted by atomic mass is 9.82. The number of halogens is 1. The predicted octanol–water partition coefficient (Wildman–Crippen LogP) is 3.96. The smallest absolute Gasteiger partial charge is 0.273 e. The van der Waals surface area contributed by atoms with E-state index in [0.29, 0.717) is 11.0 Å². The van der Waals surface area contributed by atoms with Crippen LogP contribution >= 0.6 is 11.6 Å². The summed E-state index contributed by atoms with van der Waals surface area (Å²) in [5.41, 5.74) is 2.13. The van der Waals surface area contributed by atoms with Crippen molar-refractivity contribution < 1.29 is 4.92 Å². The van der Waals surface area contributed by atoms with Gasteiger partial charge in [0, 0.05) is 30.4 Å². The van der Waals surface area contributed by atoms with E-state index in [0.717, 1.165) is 31.6 Å². The van der Waals surface area contributed by atoms with Crippen LogP contribution in [0.3, 0.4) is 0 Å². The molecule has 1 aromatic carbocycles. The van der Waals surface area contributed by atoms with Crippen LogP contribution in [-0.2, 0) is 5.88 Å². The average molecular weight is 283 g/mol. The van der Waals surface area contributed by atoms with Gasteiger partial charge in [0.1, 0.15) is 0 Å². The van der Waals surface area contributed by atoms with Crippen molar-refractivity contribution >= 4 is 23.0 Å². The molecule has 0 N–H and O–H groups in total. The molecule has 2 rings (SSSR count). The van der Waals surface area contributed by atoms with Gasteiger partial charge in [0.2, 0.25) is 0 Å². The summed E-state index contributed by atoms with van der Waals surface area (Å²) < 4.78 is 0. The first-order chi connectivity index (χ1) is 8.93. The van der Waals surface area contributed by atoms with E-state index in [4.69, 9.17) is 11.6 Å². The van der Waals surface area contributed by atoms with E-state index < -0.39 is 0 Å². The second kappa shape index (κ2) is 5.37. The monoisotopic (exact) mass is 282 g/mol. The first-order valence-electron chi connectivity index (χ1n) is 6.51. The third kappa shape index (κ3) is 3.18. The van der Waals surface area contributed by atoms with Crippen molar-refractivity contribution in [3.8, 4) is 0 Å². The first-order valence-corrected chi connectivity index (χ1v) is 7.05. The molecule has 5 heteroatoms. The van der Waals surface area contributed by atoms with Crippen molar-refractivity contribution in [3.05, 3.63) is 33.9 Å². The van der Waals surface area contributed by atoms with E-state index in [1.807, 2.05) is 12.1 Å². The highest BCUT2D eigenvalue weighted by Gasteiger charge is 2.26. The molecule has 0 atom stereocenters. The number of nitro benzene ring substituents is 1. The lowest BCUT2D eigenvalue weighted by Crippen LogP contribution is -2.37. The lowest BCUT2D eigenvalue weighted by Gasteiger charge is -2.38. The van der Waals surface area contributed by atoms with Crippen molar-refractivity contribution in [3.63, 3.8) is 0 Å². The van der Waals surface area contributed by atoms with E-state index in [1.54, 1.807) is 6.07 Å². The Bertz CT molecular complexity index is 478. The zero-order valence-corrected chi connectivity index (χ0v) is 12.1. The molecule has 1 aromatic rings. The fourth-order valence-corrected chi connectivity index (χ4v) is 2.64. The second-order valence-corrected chi connectivity index (χ2v) is 6.12. The van der Waals surface area contributed by atoms with Crippen molar-refractivity contribution in [1.29, 1.82) is 0 Å². The van der Waals surface area contributed by atoms with Crippen LogP contribution in [0.4, 0.5) is 11.4 Å². The Morgan fingerprint density at radius 1 is 1.37 bits per heavy atom. The van der Waals surface area contributed by atoms with Crippen LogP contribution in [0, 0.1) is 15.5 Å². The summed E-state index contributed by atoms with van der Waals surface area (Å²) in [4.78, 5) is 12.8. The fourth-order valence-electron chi connectivity index (χ4n) is 2.42. The zero-order chi connectivity index (χ0) is 14.0. The minimum absolute atomic E-state index is 0.107. The number of nitrogens with zero attached hydrogens (tertiary/aromatic N) is 2. The minimum atomic E-state index is -0.374. The van der Waals surface area contributed by atoms with Crippen molar-refractivity contribution in [2.75, 3.05) is 18.0 Å². The molecule has 0 unspecified atom stereocenters. The number of nitro groups is 1. The Hall–Kier alpha value is -1.29. The second-order valence-electron chi connectivity index (χ2n) is 5.86. The Balaban J connectivity index is 2.20. The van der Waals surface area contributed by atoms with Gasteiger partial charge >= 0.3 is 0 Å². The van der Waals surface area contributed by atoms with Crippen LogP contribution in [-0.4, -0.2) is 18.0 Å². The van der Waals surface area contributed by atoms with Crippen LogP contribution in [0.2, 0.25) is 0 Å². The Labute approximate surface area is 118 Å². The molecule has 19 heavy (non-hydrogen) atoms. The molecule has 104 valence electrons. The van der Waals surface area contributed by atoms with Crippen LogP contribution in [0.15, 0.2) is 18.2 Å². The molecular formula is C14H19ClN2O2. The standard InChI is InChI=1S/C14H19ClN2O2/c1-14(2)5-7-16(8-6-14)12-3-4-13(17(18)19)11(9-12)10-15/h3-4,9H,5-8,10H2,1-2H3. The molecular weight excluding hydrogens is 264 g/mol. The third-order valence-electron chi connectivity index (χ3n) is 3.89. The normalized spacial score (nSPS) is 18.4. The van der Waals surface area contributed by atoms with Gasteiger partial charge in [0.05, 0.1) is 10.8 Å². The Morgan fingerprint density at radius 3 is 2.53 bits per heavy atom. The molecule has 0 saturated carbocycles. The van der Waals surface area contributed by atoms with Crippen molar-refractivity contribution in [1.82, 2.24) is 0 Å². The van der Waals surface area contributed by atoms with Gasteiger partial charge in [-0.15, -0.1) is 11.6 Å². The van der Waals surface area contributed by atoms with E-state index in [1.165, 1.54) is 0 Å². The maximum absolute atomic E-state index is 10.9. The van der Waals surface area contributed by atoms with Gasteiger partial charge in [0.25, 0.3) is 5.69 Å². The highest BCUT2D eigenvalue weighted by atomic mass is 35.5. The fraction of sp³-hybridized carbons (Fsp3) is 0.571. The summed E-state index contributed by atoms with van der Waals surface area (Å²) in [6, 6.07) is 5.24. The molecule has 0 spiro atoms. The summed E-state index contributed by atoms with van der Waals surface area (Å²) in [7, 11) is 0. The first kappa shape index (κ1) is 14.1. The molecule has 1 saturated heterocycles. The van der Waals surface area contributed by atoms with Crippen molar-refractivity contribution in [2.45, 2.75) is 32.6 Å². The molecule has 1 heterocycles. The van der Waals surface area contributed by atoms with Gasteiger partial charge < -0.3 is 4.90 Å². The summed E-state index contributed by atoms with van der Waals surface area (Å²) in [5.74, 6) is 0.170. The van der Waals surface area contributed by atoms with Gasteiger partial charge in [-0.05, 0) is 30.4 Å². The summed E-state index contributed by atoms with van der Waals surface area (Å²) in [5, 5.41) is 10.9. The minimum Gasteiger partial charge on any atom is -0.371 e. The molecule has 0 aromatic heterocycles. The Morgan fingerprint density at radius 2 is 2.00 bits per heavy atom. The summed E-state index contributed by atoms with van der Waals surface area (Å²) in [6.45, 7) is 6.55. The molecule has 4 nitrogen and oxygen atoms in total. The molecule has 1 aliphatic heterocycles. The zero-order valence-electron chi connectivity index (χ0n) is 11.4. The van der Waals surface area contributed by atoms with Gasteiger partial charge in [-0.25, -0.2) is 0 Å². The highest BCUT2D eigenvalue weighted by molar-refractivity contribution is 6.17. The number of hydrogen-bond acceptors (Lipinski definition) is 3. The number of hydrogen-bond donors (Lipinski definition) is 0. The predicted molar refractivity (Wildman–Crippen MR) is 77.9 cm³/mol. The van der Waals surface area contributed by atoms with Crippen LogP contribution in [0.1, 0.15) is 32.3 Å².